The van der Waals surface area contributed by atoms with Gasteiger partial charge in [-0.3, -0.25) is 14.8 Å². The van der Waals surface area contributed by atoms with Crippen LogP contribution in [0.5, 0.6) is 0 Å². The van der Waals surface area contributed by atoms with Crippen molar-refractivity contribution in [3.8, 4) is 0 Å². The number of hydrogen-bond donors (Lipinski definition) is 1. The molecule has 3 aromatic rings. The van der Waals surface area contributed by atoms with E-state index < -0.39 is 0 Å². The monoisotopic (exact) mass is 360 g/mol. The highest BCUT2D eigenvalue weighted by Gasteiger charge is 2.09. The second-order valence-corrected chi connectivity index (χ2v) is 6.42. The Morgan fingerprint density at radius 3 is 2.48 bits per heavy atom. The largest absolute Gasteiger partial charge is 0.374 e. The lowest BCUT2D eigenvalue weighted by Gasteiger charge is -2.19. The van der Waals surface area contributed by atoms with Gasteiger partial charge in [0.1, 0.15) is 5.69 Å². The topological polar surface area (TPSA) is 58.1 Å². The van der Waals surface area contributed by atoms with Gasteiger partial charge in [0.05, 0.1) is 0 Å². The van der Waals surface area contributed by atoms with Gasteiger partial charge >= 0.3 is 0 Å². The lowest BCUT2D eigenvalue weighted by atomic mass is 10.1. The van der Waals surface area contributed by atoms with Gasteiger partial charge in [-0.2, -0.15) is 0 Å². The molecule has 0 bridgehead atoms. The highest BCUT2D eigenvalue weighted by molar-refractivity contribution is 5.93. The average Bonchev–Trinajstić information content (AvgIpc) is 2.73. The summed E-state index contributed by atoms with van der Waals surface area (Å²) in [5.41, 5.74) is 3.86. The third-order valence-corrected chi connectivity index (χ3v) is 4.44. The van der Waals surface area contributed by atoms with Crippen molar-refractivity contribution < 1.29 is 4.79 Å². The molecule has 138 valence electrons. The van der Waals surface area contributed by atoms with E-state index in [0.29, 0.717) is 12.2 Å². The minimum atomic E-state index is -0.143. The Kier molecular flexibility index (Phi) is 6.52. The molecule has 0 saturated carbocycles. The van der Waals surface area contributed by atoms with Crippen molar-refractivity contribution in [2.75, 3.05) is 25.0 Å². The van der Waals surface area contributed by atoms with Crippen LogP contribution in [0.4, 0.5) is 5.69 Å². The van der Waals surface area contributed by atoms with Gasteiger partial charge in [-0.1, -0.05) is 30.3 Å². The SMILES string of the molecule is CN(CCc1ccncc1)c1ccnc(C(=O)NCCc2ccccc2)c1. The number of pyridine rings is 2. The minimum Gasteiger partial charge on any atom is -0.374 e. The maximum absolute atomic E-state index is 12.4. The van der Waals surface area contributed by atoms with Crippen molar-refractivity contribution in [3.63, 3.8) is 0 Å². The van der Waals surface area contributed by atoms with Gasteiger partial charge in [-0.15, -0.1) is 0 Å². The van der Waals surface area contributed by atoms with E-state index in [4.69, 9.17) is 0 Å². The Bertz CT molecular complexity index is 852. The Morgan fingerprint density at radius 1 is 0.963 bits per heavy atom. The number of carbonyl (C=O) groups excluding carboxylic acids is 1. The van der Waals surface area contributed by atoms with Crippen LogP contribution < -0.4 is 10.2 Å². The fraction of sp³-hybridized carbons (Fsp3) is 0.227. The van der Waals surface area contributed by atoms with Gasteiger partial charge < -0.3 is 10.2 Å². The Balaban J connectivity index is 1.53. The predicted molar refractivity (Wildman–Crippen MR) is 108 cm³/mol. The van der Waals surface area contributed by atoms with E-state index in [1.165, 1.54) is 11.1 Å². The molecule has 27 heavy (non-hydrogen) atoms. The van der Waals surface area contributed by atoms with Gasteiger partial charge in [0.25, 0.3) is 5.91 Å². The lowest BCUT2D eigenvalue weighted by Crippen LogP contribution is -2.27. The number of carbonyl (C=O) groups is 1. The molecule has 5 heteroatoms. The van der Waals surface area contributed by atoms with E-state index in [1.54, 1.807) is 18.6 Å². The summed E-state index contributed by atoms with van der Waals surface area (Å²) in [5.74, 6) is -0.143. The molecule has 0 atom stereocenters. The zero-order valence-corrected chi connectivity index (χ0v) is 15.5. The normalized spacial score (nSPS) is 10.4. The van der Waals surface area contributed by atoms with Crippen LogP contribution in [0.15, 0.2) is 73.2 Å². The van der Waals surface area contributed by atoms with E-state index in [-0.39, 0.29) is 5.91 Å². The number of nitrogens with one attached hydrogen (secondary N) is 1. The third kappa shape index (κ3) is 5.64. The van der Waals surface area contributed by atoms with Crippen LogP contribution in [-0.2, 0) is 12.8 Å². The Labute approximate surface area is 160 Å². The molecule has 0 fully saturated rings. The summed E-state index contributed by atoms with van der Waals surface area (Å²) in [7, 11) is 2.02. The smallest absolute Gasteiger partial charge is 0.269 e. The fourth-order valence-electron chi connectivity index (χ4n) is 2.81. The molecule has 0 aliphatic heterocycles. The van der Waals surface area contributed by atoms with Crippen LogP contribution >= 0.6 is 0 Å². The van der Waals surface area contributed by atoms with Crippen molar-refractivity contribution >= 4 is 11.6 Å². The van der Waals surface area contributed by atoms with Crippen LogP contribution in [-0.4, -0.2) is 36.0 Å². The second kappa shape index (κ2) is 9.48. The molecule has 2 heterocycles. The first-order valence-corrected chi connectivity index (χ1v) is 9.10. The van der Waals surface area contributed by atoms with Crippen LogP contribution in [0.3, 0.4) is 0 Å². The zero-order chi connectivity index (χ0) is 18.9. The van der Waals surface area contributed by atoms with Crippen molar-refractivity contribution in [1.82, 2.24) is 15.3 Å². The van der Waals surface area contributed by atoms with Crippen LogP contribution in [0.2, 0.25) is 0 Å². The van der Waals surface area contributed by atoms with Gasteiger partial charge in [-0.05, 0) is 48.2 Å². The second-order valence-electron chi connectivity index (χ2n) is 6.42. The number of benzene rings is 1. The number of hydrogen-bond acceptors (Lipinski definition) is 4. The number of aromatic nitrogens is 2. The summed E-state index contributed by atoms with van der Waals surface area (Å²) in [6.45, 7) is 1.44. The van der Waals surface area contributed by atoms with Gasteiger partial charge in [0.15, 0.2) is 0 Å². The van der Waals surface area contributed by atoms with E-state index in [0.717, 1.165) is 25.1 Å². The molecule has 0 aliphatic rings. The summed E-state index contributed by atoms with van der Waals surface area (Å²) in [4.78, 5) is 22.8. The van der Waals surface area contributed by atoms with Crippen molar-refractivity contribution in [1.29, 1.82) is 0 Å². The molecule has 1 amide bonds. The molecule has 0 radical (unpaired) electrons. The van der Waals surface area contributed by atoms with Crippen LogP contribution in [0, 0.1) is 0 Å². The van der Waals surface area contributed by atoms with E-state index in [2.05, 4.69) is 32.3 Å². The summed E-state index contributed by atoms with van der Waals surface area (Å²) >= 11 is 0. The number of amides is 1. The fourth-order valence-corrected chi connectivity index (χ4v) is 2.81. The van der Waals surface area contributed by atoms with Gasteiger partial charge in [0.2, 0.25) is 0 Å². The highest BCUT2D eigenvalue weighted by atomic mass is 16.1. The third-order valence-electron chi connectivity index (χ3n) is 4.44. The number of anilines is 1. The van der Waals surface area contributed by atoms with Crippen LogP contribution in [0.1, 0.15) is 21.6 Å². The molecule has 1 N–H and O–H groups in total. The number of nitrogens with zero attached hydrogens (tertiary/aromatic N) is 3. The predicted octanol–water partition coefficient (Wildman–Crippen LogP) is 3.13. The van der Waals surface area contributed by atoms with Crippen molar-refractivity contribution in [2.24, 2.45) is 0 Å². The average molecular weight is 360 g/mol. The Morgan fingerprint density at radius 2 is 1.70 bits per heavy atom. The molecule has 0 spiro atoms. The summed E-state index contributed by atoms with van der Waals surface area (Å²) < 4.78 is 0. The molecule has 0 unspecified atom stereocenters. The van der Waals surface area contributed by atoms with E-state index >= 15 is 0 Å². The molecule has 0 saturated heterocycles. The Hall–Kier alpha value is -3.21. The maximum Gasteiger partial charge on any atom is 0.269 e. The van der Waals surface area contributed by atoms with Gasteiger partial charge in [0, 0.05) is 44.4 Å². The molecule has 5 nitrogen and oxygen atoms in total. The molecule has 3 rings (SSSR count). The number of likely N-dealkylation sites (N-methyl/N-ethyl adjacent to an activating group) is 1. The highest BCUT2D eigenvalue weighted by Crippen LogP contribution is 2.14. The summed E-state index contributed by atoms with van der Waals surface area (Å²) in [5, 5.41) is 2.94. The van der Waals surface area contributed by atoms with E-state index in [1.807, 2.05) is 49.5 Å². The van der Waals surface area contributed by atoms with Gasteiger partial charge in [-0.25, -0.2) is 0 Å². The molecule has 1 aromatic carbocycles. The molecule has 0 aliphatic carbocycles. The van der Waals surface area contributed by atoms with Crippen molar-refractivity contribution in [2.45, 2.75) is 12.8 Å². The first-order valence-electron chi connectivity index (χ1n) is 9.10. The van der Waals surface area contributed by atoms with Crippen LogP contribution in [0.25, 0.3) is 0 Å². The zero-order valence-electron chi connectivity index (χ0n) is 15.5. The maximum atomic E-state index is 12.4. The van der Waals surface area contributed by atoms with E-state index in [9.17, 15) is 4.79 Å². The minimum absolute atomic E-state index is 0.143. The number of rotatable bonds is 8. The summed E-state index contributed by atoms with van der Waals surface area (Å²) in [6.07, 6.45) is 7.02. The quantitative estimate of drug-likeness (QED) is 0.670. The first-order chi connectivity index (χ1) is 13.2. The van der Waals surface area contributed by atoms with Crippen molar-refractivity contribution in [3.05, 3.63) is 90.0 Å². The lowest BCUT2D eigenvalue weighted by molar-refractivity contribution is 0.0949. The molecule has 2 aromatic heterocycles. The molecular formula is C22H24N4O. The standard InChI is InChI=1S/C22H24N4O/c1-26(16-11-19-7-12-23-13-8-19)20-10-15-24-21(17-20)22(27)25-14-9-18-5-3-2-4-6-18/h2-8,10,12-13,15,17H,9,11,14,16H2,1H3,(H,25,27). The first kappa shape index (κ1) is 18.6. The summed E-state index contributed by atoms with van der Waals surface area (Å²) in [6, 6.07) is 17.9. The molecular weight excluding hydrogens is 336 g/mol.